The monoisotopic (exact) mass is 442 g/mol. The van der Waals surface area contributed by atoms with Crippen LogP contribution in [0.25, 0.3) is 5.76 Å². The Morgan fingerprint density at radius 3 is 2.44 bits per heavy atom. The molecule has 1 fully saturated rings. The van der Waals surface area contributed by atoms with Crippen LogP contribution in [0.1, 0.15) is 37.0 Å². The van der Waals surface area contributed by atoms with E-state index in [0.29, 0.717) is 54.9 Å². The molecule has 0 bridgehead atoms. The molecule has 1 unspecified atom stereocenters. The summed E-state index contributed by atoms with van der Waals surface area (Å²) < 4.78 is 17.0. The molecule has 1 aliphatic heterocycles. The topological polar surface area (TPSA) is 92.5 Å². The number of nitrogens with zero attached hydrogens (tertiary/aromatic N) is 2. The van der Waals surface area contributed by atoms with Crippen molar-refractivity contribution in [1.82, 2.24) is 9.80 Å². The SMILES string of the molecule is CCOc1ccc(/C(O)=C2/C(=O)C(=O)N(CCN(C)C)C2c2ccc(C)o2)c(OCC)c1. The minimum atomic E-state index is -0.829. The van der Waals surface area contributed by atoms with Gasteiger partial charge in [0.2, 0.25) is 0 Å². The highest BCUT2D eigenvalue weighted by atomic mass is 16.5. The highest BCUT2D eigenvalue weighted by molar-refractivity contribution is 6.46. The van der Waals surface area contributed by atoms with E-state index in [-0.39, 0.29) is 11.3 Å². The number of Topliss-reactive ketones (excluding diaryl/α,β-unsaturated/α-hetero) is 1. The Bertz CT molecular complexity index is 1020. The third-order valence-corrected chi connectivity index (χ3v) is 5.18. The normalized spacial score (nSPS) is 17.9. The molecular formula is C24H30N2O6. The number of aryl methyl sites for hydroxylation is 1. The van der Waals surface area contributed by atoms with Crippen molar-refractivity contribution in [2.45, 2.75) is 26.8 Å². The summed E-state index contributed by atoms with van der Waals surface area (Å²) in [7, 11) is 3.77. The maximum Gasteiger partial charge on any atom is 0.295 e. The van der Waals surface area contributed by atoms with E-state index in [4.69, 9.17) is 13.9 Å². The smallest absolute Gasteiger partial charge is 0.295 e. The molecule has 1 aromatic carbocycles. The van der Waals surface area contributed by atoms with Crippen LogP contribution in [0.2, 0.25) is 0 Å². The third kappa shape index (κ3) is 4.65. The number of rotatable bonds is 9. The average molecular weight is 443 g/mol. The number of furan rings is 1. The van der Waals surface area contributed by atoms with E-state index >= 15 is 0 Å². The van der Waals surface area contributed by atoms with Crippen LogP contribution in [0, 0.1) is 6.92 Å². The second-order valence-electron chi connectivity index (χ2n) is 7.77. The Labute approximate surface area is 188 Å². The summed E-state index contributed by atoms with van der Waals surface area (Å²) in [6, 6.07) is 7.65. The summed E-state index contributed by atoms with van der Waals surface area (Å²) in [5.41, 5.74) is 0.294. The fraction of sp³-hybridized carbons (Fsp3) is 0.417. The number of likely N-dealkylation sites (N-methyl/N-ethyl adjacent to an activating group) is 1. The Hall–Kier alpha value is -3.26. The molecule has 2 aromatic rings. The van der Waals surface area contributed by atoms with Gasteiger partial charge in [-0.25, -0.2) is 0 Å². The minimum Gasteiger partial charge on any atom is -0.507 e. The van der Waals surface area contributed by atoms with Crippen LogP contribution in [0.15, 0.2) is 40.3 Å². The van der Waals surface area contributed by atoms with Crippen LogP contribution in [0.3, 0.4) is 0 Å². The molecule has 0 aliphatic carbocycles. The fourth-order valence-corrected chi connectivity index (χ4v) is 3.69. The minimum absolute atomic E-state index is 0.0202. The molecule has 0 spiro atoms. The quantitative estimate of drug-likeness (QED) is 0.362. The number of carbonyl (C=O) groups excluding carboxylic acids is 2. The Balaban J connectivity index is 2.15. The lowest BCUT2D eigenvalue weighted by Gasteiger charge is -2.25. The summed E-state index contributed by atoms with van der Waals surface area (Å²) in [6.07, 6.45) is 0. The Morgan fingerprint density at radius 2 is 1.84 bits per heavy atom. The van der Waals surface area contributed by atoms with Crippen LogP contribution in [0.4, 0.5) is 0 Å². The van der Waals surface area contributed by atoms with Gasteiger partial charge in [0.05, 0.1) is 24.4 Å². The number of carbonyl (C=O) groups is 2. The molecule has 1 amide bonds. The lowest BCUT2D eigenvalue weighted by atomic mass is 9.98. The van der Waals surface area contributed by atoms with Crippen molar-refractivity contribution in [2.75, 3.05) is 40.4 Å². The number of likely N-dealkylation sites (tertiary alicyclic amines) is 1. The molecule has 32 heavy (non-hydrogen) atoms. The van der Waals surface area contributed by atoms with Gasteiger partial charge in [-0.1, -0.05) is 0 Å². The van der Waals surface area contributed by atoms with Crippen molar-refractivity contribution >= 4 is 17.4 Å². The number of aliphatic hydroxyl groups excluding tert-OH is 1. The number of hydrogen-bond acceptors (Lipinski definition) is 7. The molecule has 8 heteroatoms. The summed E-state index contributed by atoms with van der Waals surface area (Å²) >= 11 is 0. The van der Waals surface area contributed by atoms with Crippen LogP contribution in [0.5, 0.6) is 11.5 Å². The zero-order chi connectivity index (χ0) is 23.4. The number of amides is 1. The Morgan fingerprint density at radius 1 is 1.12 bits per heavy atom. The molecular weight excluding hydrogens is 412 g/mol. The highest BCUT2D eigenvalue weighted by Gasteiger charge is 2.47. The summed E-state index contributed by atoms with van der Waals surface area (Å²) in [5.74, 6) is 0.288. The van der Waals surface area contributed by atoms with Crippen molar-refractivity contribution < 1.29 is 28.6 Å². The average Bonchev–Trinajstić information content (AvgIpc) is 3.28. The highest BCUT2D eigenvalue weighted by Crippen LogP contribution is 2.41. The molecule has 1 aromatic heterocycles. The van der Waals surface area contributed by atoms with E-state index in [9.17, 15) is 14.7 Å². The predicted octanol–water partition coefficient (Wildman–Crippen LogP) is 3.37. The second-order valence-corrected chi connectivity index (χ2v) is 7.77. The van der Waals surface area contributed by atoms with E-state index in [2.05, 4.69) is 0 Å². The molecule has 3 rings (SSSR count). The summed E-state index contributed by atoms with van der Waals surface area (Å²) in [6.45, 7) is 7.17. The first-order valence-corrected chi connectivity index (χ1v) is 10.7. The predicted molar refractivity (Wildman–Crippen MR) is 120 cm³/mol. The van der Waals surface area contributed by atoms with Crippen molar-refractivity contribution in [1.29, 1.82) is 0 Å². The molecule has 0 radical (unpaired) electrons. The fourth-order valence-electron chi connectivity index (χ4n) is 3.69. The van der Waals surface area contributed by atoms with Gasteiger partial charge in [-0.3, -0.25) is 9.59 Å². The number of ketones is 1. The first kappa shape index (κ1) is 23.4. The first-order valence-electron chi connectivity index (χ1n) is 10.7. The largest absolute Gasteiger partial charge is 0.507 e. The van der Waals surface area contributed by atoms with Gasteiger partial charge in [-0.05, 0) is 59.1 Å². The van der Waals surface area contributed by atoms with Crippen LogP contribution in [-0.4, -0.2) is 67.0 Å². The van der Waals surface area contributed by atoms with E-state index in [1.165, 1.54) is 4.90 Å². The van der Waals surface area contributed by atoms with Crippen LogP contribution in [-0.2, 0) is 9.59 Å². The number of ether oxygens (including phenoxy) is 2. The van der Waals surface area contributed by atoms with E-state index < -0.39 is 17.7 Å². The van der Waals surface area contributed by atoms with Crippen molar-refractivity contribution in [3.63, 3.8) is 0 Å². The molecule has 1 atom stereocenters. The molecule has 2 heterocycles. The number of aliphatic hydroxyl groups is 1. The van der Waals surface area contributed by atoms with Crippen LogP contribution < -0.4 is 9.47 Å². The van der Waals surface area contributed by atoms with Crippen molar-refractivity contribution in [3.05, 3.63) is 53.0 Å². The summed E-state index contributed by atoms with van der Waals surface area (Å²) in [5, 5.41) is 11.3. The second kappa shape index (κ2) is 9.91. The van der Waals surface area contributed by atoms with E-state index in [1.807, 2.05) is 32.8 Å². The van der Waals surface area contributed by atoms with Crippen molar-refractivity contribution in [2.24, 2.45) is 0 Å². The van der Waals surface area contributed by atoms with Gasteiger partial charge in [-0.15, -0.1) is 0 Å². The number of hydrogen-bond donors (Lipinski definition) is 1. The standard InChI is InChI=1S/C24H30N2O6/c1-6-30-16-9-10-17(19(14-16)31-7-2)22(27)20-21(18-11-8-15(3)32-18)26(13-12-25(4)5)24(29)23(20)28/h8-11,14,21,27H,6-7,12-13H2,1-5H3/b22-20-. The lowest BCUT2D eigenvalue weighted by Crippen LogP contribution is -2.35. The molecule has 8 nitrogen and oxygen atoms in total. The molecule has 1 saturated heterocycles. The molecule has 172 valence electrons. The lowest BCUT2D eigenvalue weighted by molar-refractivity contribution is -0.140. The van der Waals surface area contributed by atoms with E-state index in [0.717, 1.165) is 0 Å². The zero-order valence-corrected chi connectivity index (χ0v) is 19.2. The van der Waals surface area contributed by atoms with Crippen molar-refractivity contribution in [3.8, 4) is 11.5 Å². The van der Waals surface area contributed by atoms with Gasteiger partial charge < -0.3 is 28.8 Å². The molecule has 0 saturated carbocycles. The maximum atomic E-state index is 13.1. The van der Waals surface area contributed by atoms with Gasteiger partial charge in [0.25, 0.3) is 11.7 Å². The third-order valence-electron chi connectivity index (χ3n) is 5.18. The van der Waals surface area contributed by atoms with E-state index in [1.54, 1.807) is 37.3 Å². The van der Waals surface area contributed by atoms with Crippen LogP contribution >= 0.6 is 0 Å². The molecule has 1 N–H and O–H groups in total. The Kier molecular flexibility index (Phi) is 7.25. The number of benzene rings is 1. The zero-order valence-electron chi connectivity index (χ0n) is 19.2. The van der Waals surface area contributed by atoms with Gasteiger partial charge in [0.15, 0.2) is 0 Å². The van der Waals surface area contributed by atoms with Gasteiger partial charge >= 0.3 is 0 Å². The van der Waals surface area contributed by atoms with Gasteiger partial charge in [-0.2, -0.15) is 0 Å². The first-order chi connectivity index (χ1) is 15.3. The van der Waals surface area contributed by atoms with Gasteiger partial charge in [0.1, 0.15) is 34.8 Å². The molecule has 1 aliphatic rings. The van der Waals surface area contributed by atoms with Gasteiger partial charge in [0, 0.05) is 19.2 Å². The maximum absolute atomic E-state index is 13.1. The summed E-state index contributed by atoms with van der Waals surface area (Å²) in [4.78, 5) is 29.4.